The first-order valence-electron chi connectivity index (χ1n) is 1.43. The third-order valence-corrected chi connectivity index (χ3v) is 0.406. The van der Waals surface area contributed by atoms with Gasteiger partial charge in [0.25, 0.3) is 0 Å². The fourth-order valence-electron chi connectivity index (χ4n) is 0.215. The SMILES string of the molecule is N.c1c[nH]cn1. The van der Waals surface area contributed by atoms with E-state index in [0.717, 1.165) is 0 Å². The molecule has 6 heavy (non-hydrogen) atoms. The Labute approximate surface area is 36.0 Å². The molecule has 3 heteroatoms. The van der Waals surface area contributed by atoms with Crippen molar-refractivity contribution in [2.24, 2.45) is 0 Å². The molecule has 0 saturated heterocycles. The van der Waals surface area contributed by atoms with E-state index in [4.69, 9.17) is 0 Å². The van der Waals surface area contributed by atoms with Crippen LogP contribution < -0.4 is 6.15 Å². The molecule has 0 aliphatic heterocycles. The summed E-state index contributed by atoms with van der Waals surface area (Å²) in [4.78, 5) is 6.42. The van der Waals surface area contributed by atoms with E-state index in [2.05, 4.69) is 9.97 Å². The van der Waals surface area contributed by atoms with Gasteiger partial charge in [0.15, 0.2) is 0 Å². The van der Waals surface area contributed by atoms with Crippen molar-refractivity contribution < 1.29 is 0 Å². The van der Waals surface area contributed by atoms with Crippen LogP contribution in [-0.4, -0.2) is 9.97 Å². The highest BCUT2D eigenvalue weighted by Crippen LogP contribution is 1.62. The average Bonchev–Trinajstić information content (AvgIpc) is 1.76. The number of hydrogen-bond acceptors (Lipinski definition) is 2. The van der Waals surface area contributed by atoms with Gasteiger partial charge < -0.3 is 11.1 Å². The van der Waals surface area contributed by atoms with E-state index in [1.807, 2.05) is 0 Å². The standard InChI is InChI=1S/C3H4N2.H3N/c1-2-5-3-4-1;/h1-3H,(H,4,5);1H3. The van der Waals surface area contributed by atoms with Crippen molar-refractivity contribution in [2.45, 2.75) is 0 Å². The Balaban J connectivity index is 0.000000250. The molecule has 0 saturated carbocycles. The fourth-order valence-corrected chi connectivity index (χ4v) is 0.215. The molecule has 0 aliphatic carbocycles. The van der Waals surface area contributed by atoms with Crippen molar-refractivity contribution in [3.8, 4) is 0 Å². The third kappa shape index (κ3) is 0.858. The van der Waals surface area contributed by atoms with Crippen LogP contribution in [0.5, 0.6) is 0 Å². The minimum atomic E-state index is 0. The number of aromatic nitrogens is 2. The van der Waals surface area contributed by atoms with Crippen LogP contribution in [0.1, 0.15) is 0 Å². The highest BCUT2D eigenvalue weighted by atomic mass is 14.8. The first-order valence-corrected chi connectivity index (χ1v) is 1.43. The lowest BCUT2D eigenvalue weighted by molar-refractivity contribution is 1.31. The molecule has 1 heterocycles. The lowest BCUT2D eigenvalue weighted by Gasteiger charge is -1.46. The zero-order chi connectivity index (χ0) is 3.54. The minimum Gasteiger partial charge on any atom is -0.351 e. The second-order valence-corrected chi connectivity index (χ2v) is 0.761. The van der Waals surface area contributed by atoms with E-state index in [1.165, 1.54) is 0 Å². The molecule has 0 bridgehead atoms. The van der Waals surface area contributed by atoms with Crippen LogP contribution in [0, 0.1) is 0 Å². The van der Waals surface area contributed by atoms with Gasteiger partial charge in [-0.05, 0) is 0 Å². The molecular formula is C3H7N3. The Morgan fingerprint density at radius 1 is 1.50 bits per heavy atom. The molecular weight excluding hydrogens is 78.1 g/mol. The Hall–Kier alpha value is -0.830. The summed E-state index contributed by atoms with van der Waals surface area (Å²) >= 11 is 0. The zero-order valence-electron chi connectivity index (χ0n) is 3.39. The fraction of sp³-hybridized carbons (Fsp3) is 0. The van der Waals surface area contributed by atoms with Crippen LogP contribution in [0.25, 0.3) is 0 Å². The van der Waals surface area contributed by atoms with Crippen molar-refractivity contribution in [2.75, 3.05) is 0 Å². The van der Waals surface area contributed by atoms with Gasteiger partial charge in [-0.25, -0.2) is 4.98 Å². The minimum absolute atomic E-state index is 0. The maximum atomic E-state index is 3.67. The molecule has 3 nitrogen and oxygen atoms in total. The predicted octanol–water partition coefficient (Wildman–Crippen LogP) is 0.572. The van der Waals surface area contributed by atoms with E-state index in [0.29, 0.717) is 0 Å². The molecule has 0 amide bonds. The highest BCUT2D eigenvalue weighted by Gasteiger charge is 1.56. The number of H-pyrrole nitrogens is 1. The number of hydrogen-bond donors (Lipinski definition) is 2. The van der Waals surface area contributed by atoms with E-state index in [1.54, 1.807) is 18.7 Å². The van der Waals surface area contributed by atoms with Crippen LogP contribution in [-0.2, 0) is 0 Å². The first kappa shape index (κ1) is 5.17. The van der Waals surface area contributed by atoms with E-state index < -0.39 is 0 Å². The molecule has 0 atom stereocenters. The maximum Gasteiger partial charge on any atom is 0.0919 e. The summed E-state index contributed by atoms with van der Waals surface area (Å²) in [5.41, 5.74) is 0. The van der Waals surface area contributed by atoms with E-state index >= 15 is 0 Å². The molecule has 34 valence electrons. The molecule has 0 radical (unpaired) electrons. The summed E-state index contributed by atoms with van der Waals surface area (Å²) in [5.74, 6) is 0. The van der Waals surface area contributed by atoms with Crippen LogP contribution in [0.3, 0.4) is 0 Å². The molecule has 1 aromatic heterocycles. The van der Waals surface area contributed by atoms with Crippen molar-refractivity contribution in [1.29, 1.82) is 0 Å². The normalized spacial score (nSPS) is 6.67. The Bertz CT molecular complexity index is 62.5. The summed E-state index contributed by atoms with van der Waals surface area (Å²) in [7, 11) is 0. The smallest absolute Gasteiger partial charge is 0.0919 e. The molecule has 4 N–H and O–H groups in total. The second kappa shape index (κ2) is 2.41. The molecule has 0 spiro atoms. The van der Waals surface area contributed by atoms with Gasteiger partial charge in [-0.2, -0.15) is 0 Å². The van der Waals surface area contributed by atoms with Gasteiger partial charge in [0.1, 0.15) is 0 Å². The largest absolute Gasteiger partial charge is 0.351 e. The third-order valence-electron chi connectivity index (χ3n) is 0.406. The van der Waals surface area contributed by atoms with Crippen molar-refractivity contribution in [3.63, 3.8) is 0 Å². The summed E-state index contributed by atoms with van der Waals surface area (Å²) < 4.78 is 0. The summed E-state index contributed by atoms with van der Waals surface area (Å²) in [6.07, 6.45) is 5.08. The molecule has 0 fully saturated rings. The van der Waals surface area contributed by atoms with Gasteiger partial charge in [-0.15, -0.1) is 0 Å². The molecule has 0 aliphatic rings. The zero-order valence-corrected chi connectivity index (χ0v) is 3.39. The molecule has 0 aromatic carbocycles. The van der Waals surface area contributed by atoms with Crippen molar-refractivity contribution >= 4 is 0 Å². The van der Waals surface area contributed by atoms with Gasteiger partial charge in [-0.1, -0.05) is 0 Å². The van der Waals surface area contributed by atoms with Crippen molar-refractivity contribution in [1.82, 2.24) is 16.1 Å². The van der Waals surface area contributed by atoms with Crippen LogP contribution >= 0.6 is 0 Å². The number of rotatable bonds is 0. The summed E-state index contributed by atoms with van der Waals surface area (Å²) in [6.45, 7) is 0. The van der Waals surface area contributed by atoms with Gasteiger partial charge in [0.2, 0.25) is 0 Å². The number of nitrogens with one attached hydrogen (secondary N) is 1. The van der Waals surface area contributed by atoms with Gasteiger partial charge in [0.05, 0.1) is 6.33 Å². The molecule has 1 aromatic rings. The molecule has 0 unspecified atom stereocenters. The summed E-state index contributed by atoms with van der Waals surface area (Å²) in [5, 5.41) is 0. The van der Waals surface area contributed by atoms with Gasteiger partial charge >= 0.3 is 0 Å². The number of imidazole rings is 1. The second-order valence-electron chi connectivity index (χ2n) is 0.761. The van der Waals surface area contributed by atoms with Crippen LogP contribution in [0.15, 0.2) is 18.7 Å². The first-order chi connectivity index (χ1) is 2.50. The van der Waals surface area contributed by atoms with Crippen molar-refractivity contribution in [3.05, 3.63) is 18.7 Å². The van der Waals surface area contributed by atoms with E-state index in [-0.39, 0.29) is 6.15 Å². The number of nitrogens with zero attached hydrogens (tertiary/aromatic N) is 1. The Kier molecular flexibility index (Phi) is 2.08. The van der Waals surface area contributed by atoms with Crippen LogP contribution in [0.4, 0.5) is 0 Å². The topological polar surface area (TPSA) is 63.7 Å². The van der Waals surface area contributed by atoms with Gasteiger partial charge in [0, 0.05) is 12.4 Å². The van der Waals surface area contributed by atoms with Gasteiger partial charge in [-0.3, -0.25) is 0 Å². The lowest BCUT2D eigenvalue weighted by atomic mass is 11.0. The molecule has 1 rings (SSSR count). The Morgan fingerprint density at radius 3 is 2.50 bits per heavy atom. The monoisotopic (exact) mass is 85.1 g/mol. The summed E-state index contributed by atoms with van der Waals surface area (Å²) in [6, 6.07) is 0. The predicted molar refractivity (Wildman–Crippen MR) is 23.6 cm³/mol. The Morgan fingerprint density at radius 2 is 2.33 bits per heavy atom. The number of aromatic amines is 1. The van der Waals surface area contributed by atoms with E-state index in [9.17, 15) is 0 Å². The maximum absolute atomic E-state index is 3.67. The average molecular weight is 85.1 g/mol. The van der Waals surface area contributed by atoms with Crippen LogP contribution in [0.2, 0.25) is 0 Å². The quantitative estimate of drug-likeness (QED) is 0.483. The lowest BCUT2D eigenvalue weighted by Crippen LogP contribution is -1.44. The highest BCUT2D eigenvalue weighted by molar-refractivity contribution is 4.64.